The summed E-state index contributed by atoms with van der Waals surface area (Å²) >= 11 is 0. The molecule has 0 atom stereocenters. The van der Waals surface area contributed by atoms with Gasteiger partial charge in [0.15, 0.2) is 6.04 Å². The summed E-state index contributed by atoms with van der Waals surface area (Å²) in [5.74, 6) is -0.517. The lowest BCUT2D eigenvalue weighted by molar-refractivity contribution is -0.128. The lowest BCUT2D eigenvalue weighted by atomic mass is 10.1. The van der Waals surface area contributed by atoms with E-state index >= 15 is 0 Å². The SMILES string of the molecule is CC(C)CN1C(=O)C(N=[N+]=[N-])C(=O)N(CC(C)C)c2ccccc21. The smallest absolute Gasteiger partial charge is 0.245 e. The molecule has 1 aromatic carbocycles. The lowest BCUT2D eigenvalue weighted by Crippen LogP contribution is -2.46. The van der Waals surface area contributed by atoms with Crippen molar-refractivity contribution in [3.05, 3.63) is 34.7 Å². The second-order valence-corrected chi connectivity index (χ2v) is 6.78. The van der Waals surface area contributed by atoms with E-state index in [2.05, 4.69) is 10.0 Å². The van der Waals surface area contributed by atoms with Gasteiger partial charge in [0.1, 0.15) is 0 Å². The first-order valence-electron chi connectivity index (χ1n) is 8.12. The highest BCUT2D eigenvalue weighted by atomic mass is 16.2. The van der Waals surface area contributed by atoms with Crippen LogP contribution >= 0.6 is 0 Å². The summed E-state index contributed by atoms with van der Waals surface area (Å²) in [7, 11) is 0. The second kappa shape index (κ2) is 7.36. The molecule has 0 aliphatic carbocycles. The highest BCUT2D eigenvalue weighted by molar-refractivity contribution is 6.20. The molecule has 0 spiro atoms. The fourth-order valence-corrected chi connectivity index (χ4v) is 2.82. The normalized spacial score (nSPS) is 15.6. The van der Waals surface area contributed by atoms with Gasteiger partial charge in [-0.3, -0.25) is 9.59 Å². The van der Waals surface area contributed by atoms with Crippen LogP contribution in [0.1, 0.15) is 27.7 Å². The number of carbonyl (C=O) groups excluding carboxylic acids is 2. The fraction of sp³-hybridized carbons (Fsp3) is 0.529. The second-order valence-electron chi connectivity index (χ2n) is 6.78. The van der Waals surface area contributed by atoms with Crippen LogP contribution in [0.25, 0.3) is 10.4 Å². The van der Waals surface area contributed by atoms with Crippen LogP contribution in [0.4, 0.5) is 11.4 Å². The lowest BCUT2D eigenvalue weighted by Gasteiger charge is -2.27. The third-order valence-corrected chi connectivity index (χ3v) is 3.73. The third-order valence-electron chi connectivity index (χ3n) is 3.73. The highest BCUT2D eigenvalue weighted by Crippen LogP contribution is 2.34. The third kappa shape index (κ3) is 3.51. The zero-order chi connectivity index (χ0) is 17.9. The van der Waals surface area contributed by atoms with Gasteiger partial charge in [0.2, 0.25) is 11.8 Å². The Morgan fingerprint density at radius 2 is 1.42 bits per heavy atom. The van der Waals surface area contributed by atoms with Gasteiger partial charge in [-0.25, -0.2) is 0 Å². The van der Waals surface area contributed by atoms with Gasteiger partial charge in [-0.2, -0.15) is 0 Å². The van der Waals surface area contributed by atoms with Crippen LogP contribution in [0.5, 0.6) is 0 Å². The molecular weight excluding hydrogens is 306 g/mol. The van der Waals surface area contributed by atoms with E-state index in [0.717, 1.165) is 0 Å². The minimum absolute atomic E-state index is 0.209. The molecule has 2 rings (SSSR count). The van der Waals surface area contributed by atoms with Gasteiger partial charge in [-0.1, -0.05) is 44.9 Å². The number of amides is 2. The maximum atomic E-state index is 12.9. The topological polar surface area (TPSA) is 89.4 Å². The van der Waals surface area contributed by atoms with E-state index in [9.17, 15) is 9.59 Å². The summed E-state index contributed by atoms with van der Waals surface area (Å²) in [6, 6.07) is 5.97. The Morgan fingerprint density at radius 1 is 1.00 bits per heavy atom. The van der Waals surface area contributed by atoms with Crippen molar-refractivity contribution in [2.24, 2.45) is 17.0 Å². The van der Waals surface area contributed by atoms with Crippen molar-refractivity contribution in [3.8, 4) is 0 Å². The molecule has 0 saturated heterocycles. The van der Waals surface area contributed by atoms with Crippen molar-refractivity contribution in [2.75, 3.05) is 22.9 Å². The number of anilines is 2. The van der Waals surface area contributed by atoms with E-state index in [1.807, 2.05) is 52.0 Å². The van der Waals surface area contributed by atoms with Gasteiger partial charge < -0.3 is 9.80 Å². The molecule has 1 heterocycles. The van der Waals surface area contributed by atoms with Crippen LogP contribution < -0.4 is 9.80 Å². The van der Waals surface area contributed by atoms with Crippen LogP contribution in [-0.4, -0.2) is 30.9 Å². The molecule has 0 fully saturated rings. The Hall–Kier alpha value is -2.53. The number of hydrogen-bond donors (Lipinski definition) is 0. The molecule has 7 heteroatoms. The summed E-state index contributed by atoms with van der Waals surface area (Å²) in [6.45, 7) is 8.90. The van der Waals surface area contributed by atoms with Gasteiger partial charge in [0.25, 0.3) is 0 Å². The number of azide groups is 1. The molecule has 1 aliphatic rings. The van der Waals surface area contributed by atoms with E-state index in [1.165, 1.54) is 0 Å². The molecule has 0 unspecified atom stereocenters. The first-order chi connectivity index (χ1) is 11.4. The highest BCUT2D eigenvalue weighted by Gasteiger charge is 2.39. The minimum Gasteiger partial charge on any atom is -0.309 e. The molecule has 128 valence electrons. The summed E-state index contributed by atoms with van der Waals surface area (Å²) in [5.41, 5.74) is 10.2. The Morgan fingerprint density at radius 3 is 1.75 bits per heavy atom. The number of para-hydroxylation sites is 2. The summed E-state index contributed by atoms with van der Waals surface area (Å²) in [4.78, 5) is 31.6. The van der Waals surface area contributed by atoms with Crippen LogP contribution in [0, 0.1) is 11.8 Å². The van der Waals surface area contributed by atoms with E-state index in [-0.39, 0.29) is 11.8 Å². The molecule has 24 heavy (non-hydrogen) atoms. The van der Waals surface area contributed by atoms with Gasteiger partial charge >= 0.3 is 0 Å². The summed E-state index contributed by atoms with van der Waals surface area (Å²) in [6.07, 6.45) is 0. The van der Waals surface area contributed by atoms with Gasteiger partial charge in [-0.05, 0) is 29.5 Å². The summed E-state index contributed by atoms with van der Waals surface area (Å²) in [5, 5.41) is 3.50. The molecule has 0 aromatic heterocycles. The first-order valence-corrected chi connectivity index (χ1v) is 8.12. The van der Waals surface area contributed by atoms with Crippen molar-refractivity contribution in [2.45, 2.75) is 33.7 Å². The van der Waals surface area contributed by atoms with Crippen LogP contribution in [-0.2, 0) is 9.59 Å². The zero-order valence-electron chi connectivity index (χ0n) is 14.5. The van der Waals surface area contributed by atoms with Crippen molar-refractivity contribution in [1.82, 2.24) is 0 Å². The average Bonchev–Trinajstić information content (AvgIpc) is 2.60. The molecule has 0 saturated carbocycles. The predicted molar refractivity (Wildman–Crippen MR) is 93.8 cm³/mol. The van der Waals surface area contributed by atoms with Crippen molar-refractivity contribution in [3.63, 3.8) is 0 Å². The largest absolute Gasteiger partial charge is 0.309 e. The Kier molecular flexibility index (Phi) is 5.46. The number of rotatable bonds is 5. The van der Waals surface area contributed by atoms with Crippen molar-refractivity contribution < 1.29 is 9.59 Å². The number of benzene rings is 1. The van der Waals surface area contributed by atoms with E-state index in [4.69, 9.17) is 5.53 Å². The molecule has 1 aromatic rings. The number of hydrogen-bond acceptors (Lipinski definition) is 3. The van der Waals surface area contributed by atoms with Crippen molar-refractivity contribution in [1.29, 1.82) is 0 Å². The molecule has 0 N–H and O–H groups in total. The average molecular weight is 329 g/mol. The fourth-order valence-electron chi connectivity index (χ4n) is 2.82. The number of carbonyl (C=O) groups is 2. The van der Waals surface area contributed by atoms with E-state index in [0.29, 0.717) is 24.5 Å². The quantitative estimate of drug-likeness (QED) is 0.359. The van der Waals surface area contributed by atoms with Crippen LogP contribution in [0.3, 0.4) is 0 Å². The molecular formula is C17H23N5O2. The standard InChI is InChI=1S/C17H23N5O2/c1-11(2)9-21-13-7-5-6-8-14(13)22(10-12(3)4)17(24)15(16(21)23)19-20-18/h5-8,11-12,15H,9-10H2,1-4H3. The first kappa shape index (κ1) is 17.8. The molecule has 7 nitrogen and oxygen atoms in total. The minimum atomic E-state index is -1.36. The molecule has 0 bridgehead atoms. The predicted octanol–water partition coefficient (Wildman–Crippen LogP) is 3.36. The van der Waals surface area contributed by atoms with Crippen molar-refractivity contribution >= 4 is 23.2 Å². The Balaban J connectivity index is 2.64. The molecule has 1 aliphatic heterocycles. The monoisotopic (exact) mass is 329 g/mol. The Bertz CT molecular complexity index is 630. The number of fused-ring (bicyclic) bond motifs is 1. The summed E-state index contributed by atoms with van der Waals surface area (Å²) < 4.78 is 0. The number of nitrogens with zero attached hydrogens (tertiary/aromatic N) is 5. The van der Waals surface area contributed by atoms with Gasteiger partial charge in [0.05, 0.1) is 11.4 Å². The van der Waals surface area contributed by atoms with Gasteiger partial charge in [0, 0.05) is 18.0 Å². The van der Waals surface area contributed by atoms with Gasteiger partial charge in [-0.15, -0.1) is 0 Å². The maximum absolute atomic E-state index is 12.9. The molecule has 2 amide bonds. The maximum Gasteiger partial charge on any atom is 0.245 e. The van der Waals surface area contributed by atoms with Crippen LogP contribution in [0.2, 0.25) is 0 Å². The van der Waals surface area contributed by atoms with Crippen LogP contribution in [0.15, 0.2) is 29.4 Å². The van der Waals surface area contributed by atoms with E-state index < -0.39 is 17.9 Å². The Labute approximate surface area is 141 Å². The zero-order valence-corrected chi connectivity index (χ0v) is 14.5. The molecule has 0 radical (unpaired) electrons. The van der Waals surface area contributed by atoms with E-state index in [1.54, 1.807) is 9.80 Å².